The number of amides is 1. The summed E-state index contributed by atoms with van der Waals surface area (Å²) >= 11 is 0. The molecule has 1 aliphatic heterocycles. The number of piperidine rings is 1. The number of carbonyl (C=O) groups excluding carboxylic acids is 1. The van der Waals surface area contributed by atoms with Crippen LogP contribution in [0.5, 0.6) is 0 Å². The van der Waals surface area contributed by atoms with Crippen LogP contribution < -0.4 is 16.6 Å². The Labute approximate surface area is 150 Å². The number of hydrogen-bond acceptors (Lipinski definition) is 4. The number of fused-ring (bicyclic) bond motifs is 3. The molecule has 2 bridgehead atoms. The van der Waals surface area contributed by atoms with Crippen molar-refractivity contribution in [2.75, 3.05) is 0 Å². The quantitative estimate of drug-likeness (QED) is 0.834. The molecule has 0 aromatic carbocycles. The maximum absolute atomic E-state index is 12.8. The highest BCUT2D eigenvalue weighted by Gasteiger charge is 2.42. The summed E-state index contributed by atoms with van der Waals surface area (Å²) in [6, 6.07) is 0.0611. The summed E-state index contributed by atoms with van der Waals surface area (Å²) in [6.07, 6.45) is 3.90. The predicted molar refractivity (Wildman–Crippen MR) is 97.2 cm³/mol. The maximum atomic E-state index is 12.8. The predicted octanol–water partition coefficient (Wildman–Crippen LogP) is 1.09. The highest BCUT2D eigenvalue weighted by Crippen LogP contribution is 2.41. The van der Waals surface area contributed by atoms with Crippen LogP contribution in [0, 0.1) is 5.92 Å². The number of aromatic amines is 1. The van der Waals surface area contributed by atoms with Gasteiger partial charge in [-0.05, 0) is 31.6 Å². The fourth-order valence-corrected chi connectivity index (χ4v) is 4.51. The smallest absolute Gasteiger partial charge is 0.332 e. The van der Waals surface area contributed by atoms with E-state index in [0.29, 0.717) is 48.8 Å². The van der Waals surface area contributed by atoms with Crippen LogP contribution >= 0.6 is 0 Å². The molecule has 4 rings (SSSR count). The molecule has 2 N–H and O–H groups in total. The van der Waals surface area contributed by atoms with E-state index in [1.54, 1.807) is 4.57 Å². The maximum Gasteiger partial charge on any atom is 0.332 e. The molecular formula is C18H25N5O3. The molecule has 1 amide bonds. The van der Waals surface area contributed by atoms with E-state index in [9.17, 15) is 14.4 Å². The first-order chi connectivity index (χ1) is 12.5. The van der Waals surface area contributed by atoms with Crippen molar-refractivity contribution in [1.82, 2.24) is 24.4 Å². The molecule has 2 fully saturated rings. The van der Waals surface area contributed by atoms with Crippen molar-refractivity contribution >= 4 is 17.1 Å². The molecule has 3 unspecified atom stereocenters. The van der Waals surface area contributed by atoms with Gasteiger partial charge in [-0.1, -0.05) is 13.8 Å². The largest absolute Gasteiger partial charge is 0.353 e. The zero-order valence-corrected chi connectivity index (χ0v) is 15.2. The van der Waals surface area contributed by atoms with Crippen LogP contribution in [-0.4, -0.2) is 31.1 Å². The molecule has 26 heavy (non-hydrogen) atoms. The number of aromatic nitrogens is 4. The van der Waals surface area contributed by atoms with Gasteiger partial charge in [-0.2, -0.15) is 0 Å². The first kappa shape index (κ1) is 17.1. The molecule has 2 aromatic heterocycles. The fraction of sp³-hybridized carbons (Fsp3) is 0.667. The van der Waals surface area contributed by atoms with Crippen molar-refractivity contribution in [3.8, 4) is 0 Å². The second kappa shape index (κ2) is 6.41. The van der Waals surface area contributed by atoms with Crippen molar-refractivity contribution in [1.29, 1.82) is 0 Å². The number of imidazole rings is 1. The van der Waals surface area contributed by atoms with E-state index in [0.717, 1.165) is 19.3 Å². The zero-order valence-electron chi connectivity index (χ0n) is 15.2. The zero-order chi connectivity index (χ0) is 18.4. The number of nitrogens with zero attached hydrogens (tertiary/aromatic N) is 3. The first-order valence-corrected chi connectivity index (χ1v) is 9.56. The van der Waals surface area contributed by atoms with E-state index < -0.39 is 0 Å². The molecule has 8 heteroatoms. The highest BCUT2D eigenvalue weighted by atomic mass is 16.2. The Kier molecular flexibility index (Phi) is 4.20. The molecular weight excluding hydrogens is 334 g/mol. The van der Waals surface area contributed by atoms with Crippen LogP contribution in [-0.2, 0) is 17.9 Å². The van der Waals surface area contributed by atoms with Gasteiger partial charge >= 0.3 is 5.69 Å². The Morgan fingerprint density at radius 3 is 2.54 bits per heavy atom. The van der Waals surface area contributed by atoms with Gasteiger partial charge in [0, 0.05) is 31.5 Å². The van der Waals surface area contributed by atoms with E-state index >= 15 is 0 Å². The lowest BCUT2D eigenvalue weighted by molar-refractivity contribution is -0.123. The molecule has 0 radical (unpaired) electrons. The van der Waals surface area contributed by atoms with Crippen LogP contribution in [0.25, 0.3) is 11.2 Å². The molecule has 1 saturated carbocycles. The lowest BCUT2D eigenvalue weighted by Gasteiger charge is -2.21. The third kappa shape index (κ3) is 2.59. The number of hydrogen-bond donors (Lipinski definition) is 2. The summed E-state index contributed by atoms with van der Waals surface area (Å²) in [5, 5.41) is 3.05. The van der Waals surface area contributed by atoms with E-state index in [1.165, 1.54) is 4.57 Å². The van der Waals surface area contributed by atoms with Crippen molar-refractivity contribution < 1.29 is 4.79 Å². The van der Waals surface area contributed by atoms with Crippen molar-refractivity contribution in [3.05, 3.63) is 26.7 Å². The minimum absolute atomic E-state index is 0.0611. The topological polar surface area (TPSA) is 102 Å². The summed E-state index contributed by atoms with van der Waals surface area (Å²) in [6.45, 7) is 4.86. The van der Waals surface area contributed by atoms with Gasteiger partial charge in [0.1, 0.15) is 11.3 Å². The molecule has 140 valence electrons. The summed E-state index contributed by atoms with van der Waals surface area (Å²) in [5.74, 6) is 1.26. The Bertz CT molecular complexity index is 970. The summed E-state index contributed by atoms with van der Waals surface area (Å²) in [7, 11) is 0. The number of aryl methyl sites for hydroxylation is 1. The summed E-state index contributed by atoms with van der Waals surface area (Å²) in [5.41, 5.74) is 0.247. The van der Waals surface area contributed by atoms with Gasteiger partial charge in [-0.3, -0.25) is 18.7 Å². The Balaban J connectivity index is 1.85. The van der Waals surface area contributed by atoms with Gasteiger partial charge in [0.2, 0.25) is 5.91 Å². The summed E-state index contributed by atoms with van der Waals surface area (Å²) in [4.78, 5) is 45.2. The van der Waals surface area contributed by atoms with Gasteiger partial charge in [0.05, 0.1) is 0 Å². The van der Waals surface area contributed by atoms with Crippen LogP contribution in [0.1, 0.15) is 57.7 Å². The molecule has 3 atom stereocenters. The van der Waals surface area contributed by atoms with Gasteiger partial charge in [-0.25, -0.2) is 9.78 Å². The molecule has 0 spiro atoms. The minimum atomic E-state index is -0.303. The summed E-state index contributed by atoms with van der Waals surface area (Å²) < 4.78 is 2.90. The number of H-pyrrole nitrogens is 1. The van der Waals surface area contributed by atoms with Crippen LogP contribution in [0.2, 0.25) is 0 Å². The Hall–Kier alpha value is -2.38. The standard InChI is InChI=1S/C18H25N5O3/c1-3-5-22-16-14(17(25)23(6-4-2)18(22)26)20-15(21-16)11-7-10-8-12(11)19-13(24)9-10/h10-12H,3-9H2,1-2H3,(H,19,24)(H,20,21). The van der Waals surface area contributed by atoms with E-state index in [-0.39, 0.29) is 29.1 Å². The molecule has 1 saturated heterocycles. The molecule has 2 aromatic rings. The van der Waals surface area contributed by atoms with Crippen LogP contribution in [0.3, 0.4) is 0 Å². The molecule has 8 nitrogen and oxygen atoms in total. The van der Waals surface area contributed by atoms with Gasteiger partial charge < -0.3 is 10.3 Å². The lowest BCUT2D eigenvalue weighted by Crippen LogP contribution is -2.40. The minimum Gasteiger partial charge on any atom is -0.353 e. The Morgan fingerprint density at radius 2 is 1.81 bits per heavy atom. The van der Waals surface area contributed by atoms with Crippen molar-refractivity contribution in [3.63, 3.8) is 0 Å². The second-order valence-electron chi connectivity index (χ2n) is 7.53. The van der Waals surface area contributed by atoms with E-state index in [1.807, 2.05) is 13.8 Å². The first-order valence-electron chi connectivity index (χ1n) is 9.56. The van der Waals surface area contributed by atoms with Gasteiger partial charge in [0.15, 0.2) is 5.65 Å². The Morgan fingerprint density at radius 1 is 1.08 bits per heavy atom. The monoisotopic (exact) mass is 359 g/mol. The lowest BCUT2D eigenvalue weighted by atomic mass is 10.0. The van der Waals surface area contributed by atoms with E-state index in [4.69, 9.17) is 0 Å². The third-order valence-electron chi connectivity index (χ3n) is 5.61. The second-order valence-corrected chi connectivity index (χ2v) is 7.53. The van der Waals surface area contributed by atoms with Crippen molar-refractivity contribution in [2.45, 2.75) is 71.0 Å². The third-order valence-corrected chi connectivity index (χ3v) is 5.61. The molecule has 1 aliphatic carbocycles. The number of rotatable bonds is 5. The highest BCUT2D eigenvalue weighted by molar-refractivity contribution is 5.78. The van der Waals surface area contributed by atoms with Crippen molar-refractivity contribution in [2.24, 2.45) is 5.92 Å². The van der Waals surface area contributed by atoms with E-state index in [2.05, 4.69) is 15.3 Å². The van der Waals surface area contributed by atoms with Crippen LogP contribution in [0.15, 0.2) is 9.59 Å². The SMILES string of the molecule is CCCn1c(=O)c2[nH]c(C3CC4CC(=O)NC3C4)nc2n(CCC)c1=O. The average Bonchev–Trinajstić information content (AvgIpc) is 3.16. The fourth-order valence-electron chi connectivity index (χ4n) is 4.51. The number of carbonyl (C=O) groups is 1. The normalized spacial score (nSPS) is 25.0. The van der Waals surface area contributed by atoms with Gasteiger partial charge in [0.25, 0.3) is 5.56 Å². The molecule has 3 heterocycles. The average molecular weight is 359 g/mol. The van der Waals surface area contributed by atoms with Gasteiger partial charge in [-0.15, -0.1) is 0 Å². The number of nitrogens with one attached hydrogen (secondary N) is 2. The van der Waals surface area contributed by atoms with Crippen LogP contribution in [0.4, 0.5) is 0 Å². The molecule has 2 aliphatic rings.